The summed E-state index contributed by atoms with van der Waals surface area (Å²) >= 11 is 0. The van der Waals surface area contributed by atoms with Gasteiger partial charge in [-0.15, -0.1) is 0 Å². The molecule has 1 aliphatic heterocycles. The number of ether oxygens (including phenoxy) is 1. The molecule has 10 N–H and O–H groups in total. The number of carbonyl (C=O) groups is 9. The fourth-order valence-electron chi connectivity index (χ4n) is 10.3. The van der Waals surface area contributed by atoms with Crippen LogP contribution in [0.2, 0.25) is 0 Å². The second-order valence-electron chi connectivity index (χ2n) is 22.2. The number of pyridine rings is 1. The maximum atomic E-state index is 13.6. The highest BCUT2D eigenvalue weighted by molar-refractivity contribution is 7.89. The number of aryl methyl sites for hydroxylation is 5. The average molecular weight is 1320 g/mol. The monoisotopic (exact) mass is 1320 g/mol. The number of aromatic nitrogens is 1. The van der Waals surface area contributed by atoms with Crippen molar-refractivity contribution in [3.8, 4) is 5.75 Å². The number of carbonyl (C=O) groups excluding carboxylic acids is 5. The van der Waals surface area contributed by atoms with E-state index >= 15 is 0 Å². The van der Waals surface area contributed by atoms with Gasteiger partial charge in [0.1, 0.15) is 29.4 Å². The number of benzene rings is 1. The van der Waals surface area contributed by atoms with Crippen molar-refractivity contribution in [3.05, 3.63) is 52.3 Å². The van der Waals surface area contributed by atoms with Crippen LogP contribution in [0.3, 0.4) is 0 Å². The van der Waals surface area contributed by atoms with E-state index in [1.165, 1.54) is 51.1 Å². The Hall–Kier alpha value is -6.63. The number of fused-ring (bicyclic) bond motifs is 1. The van der Waals surface area contributed by atoms with Gasteiger partial charge in [-0.2, -0.15) is 21.6 Å². The number of carboxylic acids is 4. The van der Waals surface area contributed by atoms with E-state index in [4.69, 9.17) is 9.72 Å². The fraction of sp³-hybridized carbons (Fsp3) is 0.636. The zero-order valence-corrected chi connectivity index (χ0v) is 52.4. The molecule has 1 aromatic carbocycles. The Labute approximate surface area is 517 Å². The van der Waals surface area contributed by atoms with Crippen LogP contribution in [-0.4, -0.2) is 254 Å². The van der Waals surface area contributed by atoms with Crippen molar-refractivity contribution in [2.45, 2.75) is 114 Å². The van der Waals surface area contributed by atoms with Gasteiger partial charge in [-0.05, 0) is 107 Å². The molecule has 3 amide bonds. The third kappa shape index (κ3) is 29.3. The molecular formula is C55H83N9O22S3. The summed E-state index contributed by atoms with van der Waals surface area (Å²) in [4.78, 5) is 123. The first kappa shape index (κ1) is 74.8. The number of amides is 3. The topological polar surface area (TPSA) is 461 Å². The first-order chi connectivity index (χ1) is 41.7. The number of nitrogens with zero attached hydrogens (tertiary/aromatic N) is 5. The number of nitrogens with one attached hydrogen (secondary N) is 4. The number of hydrogen-bond donors (Lipinski definition) is 10. The maximum absolute atomic E-state index is 13.6. The second-order valence-corrected chi connectivity index (χ2v) is 26.8. The highest BCUT2D eigenvalue weighted by Gasteiger charge is 2.34. The van der Waals surface area contributed by atoms with E-state index in [0.29, 0.717) is 19.3 Å². The Morgan fingerprint density at radius 2 is 1.13 bits per heavy atom. The quantitative estimate of drug-likeness (QED) is 0.0280. The Morgan fingerprint density at radius 3 is 1.66 bits per heavy atom. The van der Waals surface area contributed by atoms with Crippen LogP contribution >= 0.6 is 0 Å². The molecular weight excluding hydrogens is 1230 g/mol. The van der Waals surface area contributed by atoms with Crippen LogP contribution in [0.25, 0.3) is 0 Å². The van der Waals surface area contributed by atoms with Gasteiger partial charge >= 0.3 is 23.9 Å². The normalized spacial score (nSPS) is 16.3. The Kier molecular flexibility index (Phi) is 30.5. The van der Waals surface area contributed by atoms with Crippen LogP contribution in [0.5, 0.6) is 5.75 Å². The molecule has 2 heterocycles. The van der Waals surface area contributed by atoms with E-state index in [-0.39, 0.29) is 113 Å². The molecule has 0 saturated carbocycles. The van der Waals surface area contributed by atoms with E-state index in [0.717, 1.165) is 37.1 Å². The zero-order chi connectivity index (χ0) is 66.1. The molecule has 1 saturated heterocycles. The number of unbranched alkanes of at least 4 members (excludes halogenated alkanes) is 1. The molecule has 0 bridgehead atoms. The van der Waals surface area contributed by atoms with E-state index in [2.05, 4.69) is 26.7 Å². The van der Waals surface area contributed by atoms with Gasteiger partial charge in [0, 0.05) is 103 Å². The minimum Gasteiger partial charge on any atom is -0.494 e. The largest absolute Gasteiger partial charge is 0.494 e. The first-order valence-corrected chi connectivity index (χ1v) is 33.8. The van der Waals surface area contributed by atoms with Gasteiger partial charge in [0.25, 0.3) is 20.2 Å². The highest BCUT2D eigenvalue weighted by Crippen LogP contribution is 2.27. The predicted octanol–water partition coefficient (Wildman–Crippen LogP) is -1.23. The molecule has 0 radical (unpaired) electrons. The number of Topliss-reactive ketones (excluding diaryl/α,β-unsaturated/α-hetero) is 2. The van der Waals surface area contributed by atoms with Crippen LogP contribution < -0.4 is 25.4 Å². The molecule has 3 atom stereocenters. The van der Waals surface area contributed by atoms with Crippen LogP contribution in [0.4, 0.5) is 0 Å². The van der Waals surface area contributed by atoms with E-state index in [1.54, 1.807) is 0 Å². The Balaban J connectivity index is 1.25. The predicted molar refractivity (Wildman–Crippen MR) is 318 cm³/mol. The number of hydrogen-bond acceptors (Lipinski definition) is 21. The van der Waals surface area contributed by atoms with Crippen molar-refractivity contribution < 1.29 is 103 Å². The SMILES string of the molecule is Cc1cc(OCCCC(=O)NCCCC(=O)[C@H](CS(=O)(=O)O)NC(=O)[C@@H](CC(=O)CN2CCN(CC(=O)O)CCN(CC(=O)O)CCN(CC(=O)O)CC2)CS(=O)(=O)O)cc(C)c1S(=O)(=O)NC(CNC(=O)CCCCc1ccc2c(n1)CCCC2)C(=O)O. The lowest BCUT2D eigenvalue weighted by atomic mass is 9.95. The second kappa shape index (κ2) is 36.3. The van der Waals surface area contributed by atoms with E-state index < -0.39 is 158 Å². The van der Waals surface area contributed by atoms with Gasteiger partial charge in [0.15, 0.2) is 5.78 Å². The van der Waals surface area contributed by atoms with Crippen LogP contribution in [0.1, 0.15) is 92.3 Å². The number of aliphatic carboxylic acids is 4. The van der Waals surface area contributed by atoms with Gasteiger partial charge in [-0.3, -0.25) is 76.8 Å². The number of sulfonamides is 1. The number of rotatable bonds is 37. The summed E-state index contributed by atoms with van der Waals surface area (Å²) in [5.74, 6) is -13.6. The number of ketones is 2. The van der Waals surface area contributed by atoms with Crippen molar-refractivity contribution in [1.82, 2.24) is 45.3 Å². The summed E-state index contributed by atoms with van der Waals surface area (Å²) in [6.45, 7) is 0.678. The van der Waals surface area contributed by atoms with Crippen LogP contribution in [0.15, 0.2) is 29.2 Å². The van der Waals surface area contributed by atoms with Crippen molar-refractivity contribution in [2.75, 3.05) is 110 Å². The lowest BCUT2D eigenvalue weighted by Gasteiger charge is -2.33. The summed E-state index contributed by atoms with van der Waals surface area (Å²) in [6, 6.07) is 3.24. The van der Waals surface area contributed by atoms with Crippen LogP contribution in [0, 0.1) is 19.8 Å². The molecule has 1 unspecified atom stereocenters. The van der Waals surface area contributed by atoms with Gasteiger partial charge in [-0.1, -0.05) is 6.07 Å². The maximum Gasteiger partial charge on any atom is 0.323 e. The molecule has 1 fully saturated rings. The summed E-state index contributed by atoms with van der Waals surface area (Å²) in [5.41, 5.74) is 3.77. The van der Waals surface area contributed by atoms with Crippen molar-refractivity contribution in [1.29, 1.82) is 0 Å². The zero-order valence-electron chi connectivity index (χ0n) is 49.9. The molecule has 31 nitrogen and oxygen atoms in total. The minimum absolute atomic E-state index is 0.00487. The third-order valence-electron chi connectivity index (χ3n) is 14.6. The van der Waals surface area contributed by atoms with E-state index in [9.17, 15) is 97.9 Å². The molecule has 89 heavy (non-hydrogen) atoms. The molecule has 0 spiro atoms. The lowest BCUT2D eigenvalue weighted by molar-refractivity contribution is -0.140. The summed E-state index contributed by atoms with van der Waals surface area (Å²) in [7, 11) is -14.5. The first-order valence-electron chi connectivity index (χ1n) is 29.1. The smallest absolute Gasteiger partial charge is 0.323 e. The van der Waals surface area contributed by atoms with Gasteiger partial charge in [0.05, 0.1) is 49.4 Å². The molecule has 498 valence electrons. The molecule has 2 aromatic rings. The summed E-state index contributed by atoms with van der Waals surface area (Å²) in [5, 5.41) is 45.5. The number of carboxylic acid groups (broad SMARTS) is 4. The van der Waals surface area contributed by atoms with E-state index in [1.807, 2.05) is 6.07 Å². The van der Waals surface area contributed by atoms with Crippen LogP contribution in [-0.2, 0) is 92.7 Å². The molecule has 4 rings (SSSR count). The van der Waals surface area contributed by atoms with Gasteiger partial charge < -0.3 is 41.1 Å². The summed E-state index contributed by atoms with van der Waals surface area (Å²) in [6.07, 6.45) is 4.73. The lowest BCUT2D eigenvalue weighted by Crippen LogP contribution is -2.50. The average Bonchev–Trinajstić information content (AvgIpc) is 1.31. The van der Waals surface area contributed by atoms with Crippen molar-refractivity contribution >= 4 is 83.4 Å². The fourth-order valence-corrected chi connectivity index (χ4v) is 13.4. The highest BCUT2D eigenvalue weighted by atomic mass is 32.2. The van der Waals surface area contributed by atoms with Gasteiger partial charge in [0.2, 0.25) is 27.7 Å². The molecule has 1 aliphatic carbocycles. The van der Waals surface area contributed by atoms with Gasteiger partial charge in [-0.25, -0.2) is 8.42 Å². The van der Waals surface area contributed by atoms with Crippen molar-refractivity contribution in [3.63, 3.8) is 0 Å². The third-order valence-corrected chi connectivity index (χ3v) is 18.0. The Bertz CT molecular complexity index is 3110. The Morgan fingerprint density at radius 1 is 0.618 bits per heavy atom. The van der Waals surface area contributed by atoms with Crippen molar-refractivity contribution in [2.24, 2.45) is 5.92 Å². The summed E-state index contributed by atoms with van der Waals surface area (Å²) < 4.78 is 103. The molecule has 2 aliphatic rings. The molecule has 34 heteroatoms. The minimum atomic E-state index is -5.03. The molecule has 1 aromatic heterocycles. The standard InChI is InChI=1S/C55H83N9O22S3/c1-37-27-43(28-38(2)53(37)89(84,85)60-45(55(76)77)30-57-49(68)13-6-4-10-41-16-15-39-9-3-5-11-44(39)58-41)86-26-8-14-48(67)56-17-7-12-47(66)46(36-88(81,82)83)59-54(75)40(35-87(78,79)80)29-42(65)31-61-18-20-62(32-50(69)70)22-24-64(34-52(73)74)25-23-63(21-19-61)33-51(71)72/h15-16,27-28,40,45-46,60H,3-14,17-26,29-36H2,1-2H3,(H,56,67)(H,57,68)(H,59,75)(H,69,70)(H,71,72)(H,73,74)(H,76,77)(H,78,79,80)(H,81,82,83)/t40-,45?,46-/m0/s1.